The second-order valence-corrected chi connectivity index (χ2v) is 3.36. The molecule has 1 heterocycles. The van der Waals surface area contributed by atoms with Crippen LogP contribution in [0.2, 0.25) is 0 Å². The highest BCUT2D eigenvalue weighted by Crippen LogP contribution is 2.18. The molecule has 1 aromatic rings. The molecule has 1 unspecified atom stereocenters. The van der Waals surface area contributed by atoms with Gasteiger partial charge in [-0.2, -0.15) is 0 Å². The van der Waals surface area contributed by atoms with Gasteiger partial charge in [-0.1, -0.05) is 0 Å². The highest BCUT2D eigenvalue weighted by atomic mass is 16.5. The summed E-state index contributed by atoms with van der Waals surface area (Å²) in [7, 11) is 1.68. The van der Waals surface area contributed by atoms with Gasteiger partial charge in [0.1, 0.15) is 0 Å². The van der Waals surface area contributed by atoms with Crippen LogP contribution in [0.4, 0.5) is 11.6 Å². The monoisotopic (exact) mass is 210 g/mol. The molecule has 0 fully saturated rings. The molecule has 1 rings (SSSR count). The third kappa shape index (κ3) is 2.79. The first kappa shape index (κ1) is 11.7. The van der Waals surface area contributed by atoms with Crippen molar-refractivity contribution in [1.82, 2.24) is 9.97 Å². The van der Waals surface area contributed by atoms with E-state index in [1.807, 2.05) is 0 Å². The Bertz CT molecular complexity index is 305. The number of likely N-dealkylation sites (N-methyl/N-ethyl adjacent to an activating group) is 1. The van der Waals surface area contributed by atoms with Gasteiger partial charge in [0.05, 0.1) is 12.6 Å². The topological polar surface area (TPSA) is 64.3 Å². The van der Waals surface area contributed by atoms with Crippen molar-refractivity contribution in [2.45, 2.75) is 19.9 Å². The molecule has 5 nitrogen and oxygen atoms in total. The van der Waals surface area contributed by atoms with Gasteiger partial charge in [-0.15, -0.1) is 0 Å². The van der Waals surface area contributed by atoms with Crippen LogP contribution in [0.5, 0.6) is 0 Å². The maximum atomic E-state index is 5.77. The SMILES string of the molecule is CCN(c1nccnc1N)C(C)COC. The van der Waals surface area contributed by atoms with E-state index < -0.39 is 0 Å². The summed E-state index contributed by atoms with van der Waals surface area (Å²) in [6.45, 7) is 5.60. The Morgan fingerprint density at radius 2 is 2.13 bits per heavy atom. The molecule has 1 atom stereocenters. The number of nitrogens with zero attached hydrogens (tertiary/aromatic N) is 3. The van der Waals surface area contributed by atoms with Gasteiger partial charge in [0, 0.05) is 26.0 Å². The van der Waals surface area contributed by atoms with Crippen molar-refractivity contribution in [1.29, 1.82) is 0 Å². The maximum Gasteiger partial charge on any atom is 0.171 e. The molecule has 0 spiro atoms. The minimum atomic E-state index is 0.235. The molecular weight excluding hydrogens is 192 g/mol. The van der Waals surface area contributed by atoms with Gasteiger partial charge in [-0.25, -0.2) is 9.97 Å². The third-order valence-corrected chi connectivity index (χ3v) is 2.26. The van der Waals surface area contributed by atoms with Crippen LogP contribution in [0.25, 0.3) is 0 Å². The van der Waals surface area contributed by atoms with Gasteiger partial charge >= 0.3 is 0 Å². The predicted molar refractivity (Wildman–Crippen MR) is 60.8 cm³/mol. The number of nitrogens with two attached hydrogens (primary N) is 1. The largest absolute Gasteiger partial charge is 0.383 e. The Labute approximate surface area is 90.3 Å². The third-order valence-electron chi connectivity index (χ3n) is 2.26. The van der Waals surface area contributed by atoms with Crippen molar-refractivity contribution in [2.75, 3.05) is 30.9 Å². The van der Waals surface area contributed by atoms with Crippen LogP contribution < -0.4 is 10.6 Å². The lowest BCUT2D eigenvalue weighted by molar-refractivity contribution is 0.181. The molecule has 0 aromatic carbocycles. The van der Waals surface area contributed by atoms with Crippen molar-refractivity contribution < 1.29 is 4.74 Å². The Morgan fingerprint density at radius 3 is 2.67 bits per heavy atom. The normalized spacial score (nSPS) is 12.5. The van der Waals surface area contributed by atoms with Crippen molar-refractivity contribution in [3.05, 3.63) is 12.4 Å². The Kier molecular flexibility index (Phi) is 4.30. The number of hydrogen-bond acceptors (Lipinski definition) is 5. The van der Waals surface area contributed by atoms with Crippen molar-refractivity contribution >= 4 is 11.6 Å². The number of aromatic nitrogens is 2. The zero-order valence-electron chi connectivity index (χ0n) is 9.47. The zero-order chi connectivity index (χ0) is 11.3. The van der Waals surface area contributed by atoms with Crippen molar-refractivity contribution in [3.8, 4) is 0 Å². The second-order valence-electron chi connectivity index (χ2n) is 3.36. The molecule has 1 aromatic heterocycles. The van der Waals surface area contributed by atoms with Gasteiger partial charge in [0.15, 0.2) is 11.6 Å². The van der Waals surface area contributed by atoms with Crippen LogP contribution in [-0.2, 0) is 4.74 Å². The number of hydrogen-bond donors (Lipinski definition) is 1. The first-order valence-corrected chi connectivity index (χ1v) is 5.02. The summed E-state index contributed by atoms with van der Waals surface area (Å²) in [5, 5.41) is 0. The molecular formula is C10H18N4O. The molecule has 2 N–H and O–H groups in total. The minimum absolute atomic E-state index is 0.235. The minimum Gasteiger partial charge on any atom is -0.383 e. The fourth-order valence-corrected chi connectivity index (χ4v) is 1.56. The van der Waals surface area contributed by atoms with Gasteiger partial charge in [-0.05, 0) is 13.8 Å². The summed E-state index contributed by atoms with van der Waals surface area (Å²) >= 11 is 0. The second kappa shape index (κ2) is 5.50. The predicted octanol–water partition coefficient (Wildman–Crippen LogP) is 0.920. The Hall–Kier alpha value is -1.36. The van der Waals surface area contributed by atoms with E-state index in [0.717, 1.165) is 12.4 Å². The Balaban J connectivity index is 2.87. The van der Waals surface area contributed by atoms with Crippen LogP contribution in [0.15, 0.2) is 12.4 Å². The van der Waals surface area contributed by atoms with E-state index in [4.69, 9.17) is 10.5 Å². The summed E-state index contributed by atoms with van der Waals surface area (Å²) in [4.78, 5) is 10.3. The Morgan fingerprint density at radius 1 is 1.47 bits per heavy atom. The van der Waals surface area contributed by atoms with Gasteiger partial charge in [0.25, 0.3) is 0 Å². The van der Waals surface area contributed by atoms with Crippen molar-refractivity contribution in [3.63, 3.8) is 0 Å². The van der Waals surface area contributed by atoms with E-state index in [2.05, 4.69) is 28.7 Å². The fourth-order valence-electron chi connectivity index (χ4n) is 1.56. The molecule has 15 heavy (non-hydrogen) atoms. The maximum absolute atomic E-state index is 5.77. The lowest BCUT2D eigenvalue weighted by atomic mass is 10.3. The quantitative estimate of drug-likeness (QED) is 0.783. The number of nitrogen functional groups attached to an aromatic ring is 1. The fraction of sp³-hybridized carbons (Fsp3) is 0.600. The molecule has 0 saturated carbocycles. The van der Waals surface area contributed by atoms with Crippen LogP contribution in [0.1, 0.15) is 13.8 Å². The number of methoxy groups -OCH3 is 1. The number of anilines is 2. The van der Waals surface area contributed by atoms with Crippen LogP contribution >= 0.6 is 0 Å². The summed E-state index contributed by atoms with van der Waals surface area (Å²) in [6.07, 6.45) is 3.24. The van der Waals surface area contributed by atoms with E-state index in [1.54, 1.807) is 19.5 Å². The summed E-state index contributed by atoms with van der Waals surface area (Å²) in [5.74, 6) is 1.19. The van der Waals surface area contributed by atoms with E-state index in [0.29, 0.717) is 12.4 Å². The molecule has 0 radical (unpaired) electrons. The molecule has 0 aliphatic carbocycles. The molecule has 5 heteroatoms. The zero-order valence-corrected chi connectivity index (χ0v) is 9.47. The summed E-state index contributed by atoms with van der Waals surface area (Å²) < 4.78 is 5.12. The molecule has 0 amide bonds. The number of ether oxygens (including phenoxy) is 1. The van der Waals surface area contributed by atoms with E-state index in [-0.39, 0.29) is 6.04 Å². The molecule has 0 saturated heterocycles. The molecule has 0 aliphatic heterocycles. The van der Waals surface area contributed by atoms with Gasteiger partial charge < -0.3 is 15.4 Å². The summed E-state index contributed by atoms with van der Waals surface area (Å²) in [5.41, 5.74) is 5.77. The van der Waals surface area contributed by atoms with Gasteiger partial charge in [-0.3, -0.25) is 0 Å². The molecule has 0 bridgehead atoms. The highest BCUT2D eigenvalue weighted by molar-refractivity contribution is 5.57. The summed E-state index contributed by atoms with van der Waals surface area (Å²) in [6, 6.07) is 0.235. The van der Waals surface area contributed by atoms with Crippen LogP contribution in [0.3, 0.4) is 0 Å². The van der Waals surface area contributed by atoms with Crippen LogP contribution in [0, 0.1) is 0 Å². The lowest BCUT2D eigenvalue weighted by Crippen LogP contribution is -2.37. The van der Waals surface area contributed by atoms with Gasteiger partial charge in [0.2, 0.25) is 0 Å². The smallest absolute Gasteiger partial charge is 0.171 e. The first-order chi connectivity index (χ1) is 7.20. The molecule has 0 aliphatic rings. The van der Waals surface area contributed by atoms with E-state index in [9.17, 15) is 0 Å². The molecule has 84 valence electrons. The number of rotatable bonds is 5. The van der Waals surface area contributed by atoms with Crippen LogP contribution in [-0.4, -0.2) is 36.3 Å². The highest BCUT2D eigenvalue weighted by Gasteiger charge is 2.16. The first-order valence-electron chi connectivity index (χ1n) is 5.02. The standard InChI is InChI=1S/C10H18N4O/c1-4-14(8(2)7-15-3)10-9(11)12-5-6-13-10/h5-6,8H,4,7H2,1-3H3,(H2,11,12). The van der Waals surface area contributed by atoms with E-state index in [1.165, 1.54) is 0 Å². The van der Waals surface area contributed by atoms with E-state index >= 15 is 0 Å². The average molecular weight is 210 g/mol. The van der Waals surface area contributed by atoms with Crippen molar-refractivity contribution in [2.24, 2.45) is 0 Å². The average Bonchev–Trinajstić information content (AvgIpc) is 2.22. The lowest BCUT2D eigenvalue weighted by Gasteiger charge is -2.28.